The molecule has 2 aromatic rings. The molecule has 1 aliphatic heterocycles. The molecule has 1 N–H and O–H groups in total. The molecule has 1 atom stereocenters. The molecule has 4 rings (SSSR count). The maximum Gasteiger partial charge on any atom is 0.240 e. The van der Waals surface area contributed by atoms with Crippen molar-refractivity contribution in [2.24, 2.45) is 0 Å². The molecule has 0 amide bonds. The van der Waals surface area contributed by atoms with Gasteiger partial charge in [-0.3, -0.25) is 4.90 Å². The number of ether oxygens (including phenoxy) is 1. The highest BCUT2D eigenvalue weighted by Crippen LogP contribution is 2.38. The normalized spacial score (nSPS) is 22.2. The van der Waals surface area contributed by atoms with Crippen LogP contribution in [-0.4, -0.2) is 57.6 Å². The summed E-state index contributed by atoms with van der Waals surface area (Å²) in [5, 5.41) is 15.2. The van der Waals surface area contributed by atoms with Gasteiger partial charge in [0.25, 0.3) is 0 Å². The molecule has 8 nitrogen and oxygen atoms in total. The Labute approximate surface area is 134 Å². The summed E-state index contributed by atoms with van der Waals surface area (Å²) in [6.45, 7) is 3.80. The van der Waals surface area contributed by atoms with Crippen molar-refractivity contribution in [2.45, 2.75) is 31.4 Å². The molecule has 1 aliphatic carbocycles. The zero-order valence-electron chi connectivity index (χ0n) is 12.9. The van der Waals surface area contributed by atoms with E-state index in [1.165, 1.54) is 12.8 Å². The highest BCUT2D eigenvalue weighted by atomic mass is 16.5. The summed E-state index contributed by atoms with van der Waals surface area (Å²) in [7, 11) is 0. The predicted octanol–water partition coefficient (Wildman–Crippen LogP) is 1.05. The Bertz CT molecular complexity index is 630. The largest absolute Gasteiger partial charge is 0.374 e. The number of hydrogen-bond donors (Lipinski definition) is 1. The second kappa shape index (κ2) is 6.59. The van der Waals surface area contributed by atoms with Gasteiger partial charge in [0.2, 0.25) is 5.89 Å². The van der Waals surface area contributed by atoms with Gasteiger partial charge in [0.15, 0.2) is 5.82 Å². The third kappa shape index (κ3) is 3.83. The number of aromatic nitrogens is 4. The lowest BCUT2D eigenvalue weighted by atomic mass is 10.2. The molecule has 0 spiro atoms. The monoisotopic (exact) mass is 316 g/mol. The van der Waals surface area contributed by atoms with Crippen molar-refractivity contribution in [1.29, 1.82) is 0 Å². The third-order valence-electron chi connectivity index (χ3n) is 4.09. The Morgan fingerprint density at radius 1 is 1.35 bits per heavy atom. The van der Waals surface area contributed by atoms with Gasteiger partial charge in [-0.25, -0.2) is 0 Å². The molecular formula is C15H20N6O2. The molecule has 122 valence electrons. The van der Waals surface area contributed by atoms with Crippen molar-refractivity contribution >= 4 is 5.82 Å². The molecule has 0 radical (unpaired) electrons. The lowest BCUT2D eigenvalue weighted by Crippen LogP contribution is -2.44. The van der Waals surface area contributed by atoms with Gasteiger partial charge in [-0.2, -0.15) is 10.1 Å². The van der Waals surface area contributed by atoms with E-state index in [1.807, 2.05) is 12.1 Å². The molecule has 1 saturated heterocycles. The van der Waals surface area contributed by atoms with Crippen LogP contribution in [0.1, 0.15) is 30.5 Å². The first-order valence-corrected chi connectivity index (χ1v) is 8.05. The molecule has 0 aromatic carbocycles. The van der Waals surface area contributed by atoms with E-state index in [4.69, 9.17) is 9.26 Å². The highest BCUT2D eigenvalue weighted by Gasteiger charge is 2.29. The highest BCUT2D eigenvalue weighted by molar-refractivity contribution is 5.31. The van der Waals surface area contributed by atoms with Crippen LogP contribution in [0, 0.1) is 0 Å². The zero-order chi connectivity index (χ0) is 15.5. The van der Waals surface area contributed by atoms with E-state index in [1.54, 1.807) is 6.20 Å². The average molecular weight is 316 g/mol. The van der Waals surface area contributed by atoms with E-state index in [9.17, 15) is 0 Å². The molecule has 23 heavy (non-hydrogen) atoms. The van der Waals surface area contributed by atoms with Gasteiger partial charge < -0.3 is 14.6 Å². The summed E-state index contributed by atoms with van der Waals surface area (Å²) in [6, 6.07) is 3.75. The van der Waals surface area contributed by atoms with Gasteiger partial charge in [0.05, 0.1) is 19.3 Å². The van der Waals surface area contributed by atoms with Crippen molar-refractivity contribution in [2.75, 3.05) is 31.6 Å². The van der Waals surface area contributed by atoms with E-state index in [-0.39, 0.29) is 6.10 Å². The molecule has 0 bridgehead atoms. The Balaban J connectivity index is 1.28. The standard InChI is InChI=1S/C15H20N6O2/c1-2-13(19-17-5-1)16-8-12-9-21(6-7-22-12)10-14-18-15(20-23-14)11-3-4-11/h1-2,5,11-12H,3-4,6-10H2,(H,16,19). The van der Waals surface area contributed by atoms with Gasteiger partial charge >= 0.3 is 0 Å². The second-order valence-electron chi connectivity index (χ2n) is 6.04. The Morgan fingerprint density at radius 2 is 2.30 bits per heavy atom. The molecule has 3 heterocycles. The van der Waals surface area contributed by atoms with E-state index in [0.29, 0.717) is 31.5 Å². The molecule has 1 unspecified atom stereocenters. The molecule has 2 aromatic heterocycles. The van der Waals surface area contributed by atoms with E-state index in [0.717, 1.165) is 24.7 Å². The van der Waals surface area contributed by atoms with Gasteiger partial charge in [0.1, 0.15) is 5.82 Å². The van der Waals surface area contributed by atoms with Crippen molar-refractivity contribution < 1.29 is 9.26 Å². The van der Waals surface area contributed by atoms with Crippen LogP contribution in [0.5, 0.6) is 0 Å². The second-order valence-corrected chi connectivity index (χ2v) is 6.04. The minimum atomic E-state index is 0.108. The van der Waals surface area contributed by atoms with Crippen LogP contribution in [0.25, 0.3) is 0 Å². The van der Waals surface area contributed by atoms with E-state index in [2.05, 4.69) is 30.6 Å². The van der Waals surface area contributed by atoms with Gasteiger partial charge in [-0.05, 0) is 25.0 Å². The van der Waals surface area contributed by atoms with Crippen LogP contribution in [0.4, 0.5) is 5.82 Å². The molecule has 2 aliphatic rings. The van der Waals surface area contributed by atoms with E-state index < -0.39 is 0 Å². The van der Waals surface area contributed by atoms with E-state index >= 15 is 0 Å². The molecule has 2 fully saturated rings. The minimum Gasteiger partial charge on any atom is -0.374 e. The van der Waals surface area contributed by atoms with Crippen molar-refractivity contribution in [1.82, 2.24) is 25.2 Å². The smallest absolute Gasteiger partial charge is 0.240 e. The average Bonchev–Trinajstić information content (AvgIpc) is 3.34. The lowest BCUT2D eigenvalue weighted by Gasteiger charge is -2.32. The molecular weight excluding hydrogens is 296 g/mol. The first-order chi connectivity index (χ1) is 11.4. The molecule has 1 saturated carbocycles. The topological polar surface area (TPSA) is 89.2 Å². The Kier molecular flexibility index (Phi) is 4.16. The van der Waals surface area contributed by atoms with Crippen LogP contribution >= 0.6 is 0 Å². The summed E-state index contributed by atoms with van der Waals surface area (Å²) in [6.07, 6.45) is 4.14. The maximum absolute atomic E-state index is 5.80. The number of nitrogens with one attached hydrogen (secondary N) is 1. The van der Waals surface area contributed by atoms with Crippen LogP contribution in [0.3, 0.4) is 0 Å². The minimum absolute atomic E-state index is 0.108. The summed E-state index contributed by atoms with van der Waals surface area (Å²) >= 11 is 0. The van der Waals surface area contributed by atoms with Gasteiger partial charge in [-0.1, -0.05) is 5.16 Å². The predicted molar refractivity (Wildman–Crippen MR) is 81.8 cm³/mol. The van der Waals surface area contributed by atoms with Crippen LogP contribution in [0.15, 0.2) is 22.9 Å². The summed E-state index contributed by atoms with van der Waals surface area (Å²) in [5.41, 5.74) is 0. The number of morpholine rings is 1. The maximum atomic E-state index is 5.80. The first-order valence-electron chi connectivity index (χ1n) is 8.05. The fourth-order valence-electron chi connectivity index (χ4n) is 2.69. The lowest BCUT2D eigenvalue weighted by molar-refractivity contribution is -0.0268. The third-order valence-corrected chi connectivity index (χ3v) is 4.09. The van der Waals surface area contributed by atoms with Crippen LogP contribution < -0.4 is 5.32 Å². The summed E-state index contributed by atoms with van der Waals surface area (Å²) in [5.74, 6) is 2.86. The number of rotatable bonds is 6. The van der Waals surface area contributed by atoms with Crippen molar-refractivity contribution in [3.63, 3.8) is 0 Å². The molecule has 8 heteroatoms. The van der Waals surface area contributed by atoms with Crippen molar-refractivity contribution in [3.05, 3.63) is 30.0 Å². The summed E-state index contributed by atoms with van der Waals surface area (Å²) in [4.78, 5) is 6.78. The summed E-state index contributed by atoms with van der Waals surface area (Å²) < 4.78 is 11.2. The Morgan fingerprint density at radius 3 is 3.13 bits per heavy atom. The Hall–Kier alpha value is -2.06. The zero-order valence-corrected chi connectivity index (χ0v) is 12.9. The SMILES string of the molecule is c1cnnc(NCC2CN(Cc3nc(C4CC4)no3)CCO2)c1. The van der Waals surface area contributed by atoms with Crippen LogP contribution in [-0.2, 0) is 11.3 Å². The first kappa shape index (κ1) is 14.5. The number of nitrogens with zero attached hydrogens (tertiary/aromatic N) is 5. The fourth-order valence-corrected chi connectivity index (χ4v) is 2.69. The number of hydrogen-bond acceptors (Lipinski definition) is 8. The van der Waals surface area contributed by atoms with Crippen LogP contribution in [0.2, 0.25) is 0 Å². The quantitative estimate of drug-likeness (QED) is 0.846. The fraction of sp³-hybridized carbons (Fsp3) is 0.600. The van der Waals surface area contributed by atoms with Gasteiger partial charge in [-0.15, -0.1) is 5.10 Å². The number of anilines is 1. The van der Waals surface area contributed by atoms with Crippen molar-refractivity contribution in [3.8, 4) is 0 Å². The van der Waals surface area contributed by atoms with Gasteiger partial charge in [0, 0.05) is 31.7 Å².